The largest absolute Gasteiger partial charge is 0.472 e. The fourth-order valence-corrected chi connectivity index (χ4v) is 4.77. The highest BCUT2D eigenvalue weighted by atomic mass is 32.2. The topological polar surface area (TPSA) is 122 Å². The molecule has 3 N–H and O–H groups in total. The number of nitrogens with one attached hydrogen (secondary N) is 3. The maximum atomic E-state index is 11.7. The number of imide groups is 1. The summed E-state index contributed by atoms with van der Waals surface area (Å²) in [6.07, 6.45) is 10.7. The molecule has 0 atom stereocenters. The molecule has 34 heavy (non-hydrogen) atoms. The standard InChI is InChI=1S/C24H24N6O3S/c31-22-21(34-24(32)30-22)12-18-8-10-25-23(29-18)28-17-6-4-16(5-7-17)26-13-19-2-1-3-20(27-19)15-9-11-33-14-15/h1-3,8-12,14,16-17,26H,4-7,13H2,(H,25,28,29)(H,30,31,32)/b21-12+. The predicted molar refractivity (Wildman–Crippen MR) is 130 cm³/mol. The second-order valence-electron chi connectivity index (χ2n) is 8.26. The third-order valence-corrected chi connectivity index (χ3v) is 6.66. The van der Waals surface area contributed by atoms with Crippen molar-refractivity contribution in [1.82, 2.24) is 25.6 Å². The number of anilines is 1. The summed E-state index contributed by atoms with van der Waals surface area (Å²) >= 11 is 0.878. The predicted octanol–water partition coefficient (Wildman–Crippen LogP) is 3.97. The number of thioether (sulfide) groups is 1. The van der Waals surface area contributed by atoms with Crippen LogP contribution in [0.2, 0.25) is 0 Å². The highest BCUT2D eigenvalue weighted by Gasteiger charge is 2.25. The van der Waals surface area contributed by atoms with Gasteiger partial charge in [-0.15, -0.1) is 0 Å². The minimum atomic E-state index is -0.391. The Hall–Kier alpha value is -3.50. The summed E-state index contributed by atoms with van der Waals surface area (Å²) in [6.45, 7) is 0.725. The van der Waals surface area contributed by atoms with Crippen LogP contribution in [0.25, 0.3) is 17.3 Å². The normalized spacial score (nSPS) is 21.6. The van der Waals surface area contributed by atoms with Crippen molar-refractivity contribution in [2.75, 3.05) is 5.32 Å². The van der Waals surface area contributed by atoms with Crippen molar-refractivity contribution in [1.29, 1.82) is 0 Å². The van der Waals surface area contributed by atoms with Gasteiger partial charge in [0.15, 0.2) is 0 Å². The van der Waals surface area contributed by atoms with E-state index in [1.165, 1.54) is 0 Å². The van der Waals surface area contributed by atoms with E-state index in [4.69, 9.17) is 9.40 Å². The van der Waals surface area contributed by atoms with Crippen molar-refractivity contribution < 1.29 is 14.0 Å². The molecule has 1 aliphatic heterocycles. The number of pyridine rings is 1. The van der Waals surface area contributed by atoms with Gasteiger partial charge in [0.05, 0.1) is 34.5 Å². The van der Waals surface area contributed by atoms with Crippen molar-refractivity contribution >= 4 is 34.9 Å². The third kappa shape index (κ3) is 5.52. The van der Waals surface area contributed by atoms with Gasteiger partial charge in [-0.3, -0.25) is 19.9 Å². The molecule has 2 amide bonds. The van der Waals surface area contributed by atoms with Gasteiger partial charge in [0, 0.05) is 30.4 Å². The van der Waals surface area contributed by atoms with Gasteiger partial charge in [-0.25, -0.2) is 9.97 Å². The number of aromatic nitrogens is 3. The summed E-state index contributed by atoms with van der Waals surface area (Å²) in [5.74, 6) is 0.137. The minimum Gasteiger partial charge on any atom is -0.472 e. The average Bonchev–Trinajstić information content (AvgIpc) is 3.49. The average molecular weight is 477 g/mol. The second-order valence-corrected chi connectivity index (χ2v) is 9.27. The Morgan fingerprint density at radius 2 is 1.94 bits per heavy atom. The summed E-state index contributed by atoms with van der Waals surface area (Å²) in [5.41, 5.74) is 3.49. The number of carbonyl (C=O) groups is 2. The van der Waals surface area contributed by atoms with E-state index < -0.39 is 5.91 Å². The molecule has 5 rings (SSSR count). The van der Waals surface area contributed by atoms with Crippen molar-refractivity contribution in [3.8, 4) is 11.3 Å². The van der Waals surface area contributed by atoms with E-state index in [1.54, 1.807) is 30.9 Å². The van der Waals surface area contributed by atoms with E-state index >= 15 is 0 Å². The molecule has 0 unspecified atom stereocenters. The van der Waals surface area contributed by atoms with E-state index in [0.29, 0.717) is 22.6 Å². The van der Waals surface area contributed by atoms with Crippen LogP contribution in [0.15, 0.2) is 58.4 Å². The number of hydrogen-bond donors (Lipinski definition) is 3. The van der Waals surface area contributed by atoms with Crippen LogP contribution in [0.4, 0.5) is 10.7 Å². The number of furan rings is 1. The molecule has 1 saturated heterocycles. The smallest absolute Gasteiger partial charge is 0.290 e. The fourth-order valence-electron chi connectivity index (χ4n) is 4.10. The lowest BCUT2D eigenvalue weighted by molar-refractivity contribution is -0.115. The van der Waals surface area contributed by atoms with Crippen LogP contribution in [0.5, 0.6) is 0 Å². The first-order valence-electron chi connectivity index (χ1n) is 11.2. The van der Waals surface area contributed by atoms with E-state index in [9.17, 15) is 9.59 Å². The van der Waals surface area contributed by atoms with Crippen molar-refractivity contribution in [2.45, 2.75) is 44.3 Å². The molecule has 3 aromatic heterocycles. The van der Waals surface area contributed by atoms with Crippen molar-refractivity contribution in [3.05, 3.63) is 65.3 Å². The van der Waals surface area contributed by atoms with Crippen LogP contribution in [-0.4, -0.2) is 38.2 Å². The molecule has 1 aliphatic carbocycles. The molecule has 4 heterocycles. The quantitative estimate of drug-likeness (QED) is 0.435. The molecular formula is C24H24N6O3S. The first-order chi connectivity index (χ1) is 16.6. The van der Waals surface area contributed by atoms with Crippen LogP contribution in [0, 0.1) is 0 Å². The zero-order chi connectivity index (χ0) is 23.3. The molecule has 0 bridgehead atoms. The van der Waals surface area contributed by atoms with Gasteiger partial charge in [-0.2, -0.15) is 0 Å². The first-order valence-corrected chi connectivity index (χ1v) is 12.0. The molecule has 3 aromatic rings. The lowest BCUT2D eigenvalue weighted by atomic mass is 9.91. The number of carbonyl (C=O) groups excluding carboxylic acids is 2. The molecule has 2 aliphatic rings. The van der Waals surface area contributed by atoms with Gasteiger partial charge in [0.1, 0.15) is 0 Å². The van der Waals surface area contributed by atoms with Gasteiger partial charge in [0.25, 0.3) is 11.1 Å². The lowest BCUT2D eigenvalue weighted by Crippen LogP contribution is -2.37. The van der Waals surface area contributed by atoms with E-state index in [1.807, 2.05) is 24.3 Å². The van der Waals surface area contributed by atoms with Gasteiger partial charge < -0.3 is 15.1 Å². The van der Waals surface area contributed by atoms with Crippen molar-refractivity contribution in [3.63, 3.8) is 0 Å². The number of rotatable bonds is 7. The van der Waals surface area contributed by atoms with Crippen molar-refractivity contribution in [2.24, 2.45) is 0 Å². The highest BCUT2D eigenvalue weighted by Crippen LogP contribution is 2.26. The summed E-state index contributed by atoms with van der Waals surface area (Å²) < 4.78 is 5.16. The molecule has 10 heteroatoms. The number of nitrogens with zero attached hydrogens (tertiary/aromatic N) is 3. The summed E-state index contributed by atoms with van der Waals surface area (Å²) in [4.78, 5) is 36.9. The minimum absolute atomic E-state index is 0.286. The maximum absolute atomic E-state index is 11.7. The van der Waals surface area contributed by atoms with Gasteiger partial charge >= 0.3 is 0 Å². The van der Waals surface area contributed by atoms with Crippen LogP contribution in [0.3, 0.4) is 0 Å². The highest BCUT2D eigenvalue weighted by molar-refractivity contribution is 8.18. The van der Waals surface area contributed by atoms with E-state index in [0.717, 1.165) is 60.9 Å². The molecular weight excluding hydrogens is 452 g/mol. The maximum Gasteiger partial charge on any atom is 0.290 e. The monoisotopic (exact) mass is 476 g/mol. The Bertz CT molecular complexity index is 1200. The van der Waals surface area contributed by atoms with Crippen LogP contribution >= 0.6 is 11.8 Å². The Balaban J connectivity index is 1.11. The van der Waals surface area contributed by atoms with Crippen LogP contribution < -0.4 is 16.0 Å². The number of hydrogen-bond acceptors (Lipinski definition) is 9. The molecule has 2 fully saturated rings. The summed E-state index contributed by atoms with van der Waals surface area (Å²) in [5, 5.41) is 8.92. The molecule has 9 nitrogen and oxygen atoms in total. The second kappa shape index (κ2) is 10.2. The first kappa shape index (κ1) is 22.3. The van der Waals surface area contributed by atoms with E-state index in [-0.39, 0.29) is 11.3 Å². The fraction of sp³-hybridized carbons (Fsp3) is 0.292. The van der Waals surface area contributed by atoms with Crippen LogP contribution in [-0.2, 0) is 11.3 Å². The Morgan fingerprint density at radius 1 is 1.09 bits per heavy atom. The van der Waals surface area contributed by atoms with Gasteiger partial charge in [-0.05, 0) is 67.8 Å². The number of amides is 2. The molecule has 0 radical (unpaired) electrons. The Labute approximate surface area is 200 Å². The van der Waals surface area contributed by atoms with Crippen LogP contribution in [0.1, 0.15) is 37.1 Å². The zero-order valence-corrected chi connectivity index (χ0v) is 19.2. The Kier molecular flexibility index (Phi) is 6.68. The third-order valence-electron chi connectivity index (χ3n) is 5.85. The van der Waals surface area contributed by atoms with Gasteiger partial charge in [-0.1, -0.05) is 6.07 Å². The van der Waals surface area contributed by atoms with Gasteiger partial charge in [0.2, 0.25) is 5.95 Å². The molecule has 0 aromatic carbocycles. The summed E-state index contributed by atoms with van der Waals surface area (Å²) in [7, 11) is 0. The van der Waals surface area contributed by atoms with E-state index in [2.05, 4.69) is 25.9 Å². The SMILES string of the molecule is O=C1NC(=O)/C(=C\c2ccnc(NC3CCC(NCc4cccc(-c5ccoc5)n4)CC3)n2)S1. The molecule has 1 saturated carbocycles. The zero-order valence-electron chi connectivity index (χ0n) is 18.4. The molecule has 0 spiro atoms. The lowest BCUT2D eigenvalue weighted by Gasteiger charge is -2.29. The molecule has 174 valence electrons. The summed E-state index contributed by atoms with van der Waals surface area (Å²) in [6, 6.07) is 10.4. The Morgan fingerprint density at radius 3 is 2.71 bits per heavy atom.